The average molecular weight is 437 g/mol. The van der Waals surface area contributed by atoms with Crippen molar-refractivity contribution in [3.05, 3.63) is 63.7 Å². The highest BCUT2D eigenvalue weighted by Crippen LogP contribution is 2.28. The first-order chi connectivity index (χ1) is 13.5. The highest BCUT2D eigenvalue weighted by molar-refractivity contribution is 7.92. The van der Waals surface area contributed by atoms with Gasteiger partial charge in [-0.25, -0.2) is 8.42 Å². The molecule has 0 bridgehead atoms. The van der Waals surface area contributed by atoms with Crippen molar-refractivity contribution in [1.82, 2.24) is 5.32 Å². The molecule has 2 rings (SSSR count). The fraction of sp³-hybridized carbons (Fsp3) is 0.409. The van der Waals surface area contributed by atoms with E-state index in [-0.39, 0.29) is 11.9 Å². The molecule has 0 aliphatic carbocycles. The van der Waals surface area contributed by atoms with Crippen LogP contribution in [0.15, 0.2) is 36.4 Å². The summed E-state index contributed by atoms with van der Waals surface area (Å²) < 4.78 is 26.3. The van der Waals surface area contributed by atoms with Crippen LogP contribution < -0.4 is 9.62 Å². The van der Waals surface area contributed by atoms with E-state index in [9.17, 15) is 13.2 Å². The lowest BCUT2D eigenvalue weighted by Crippen LogP contribution is -2.49. The predicted octanol–water partition coefficient (Wildman–Crippen LogP) is 4.69. The van der Waals surface area contributed by atoms with Crippen molar-refractivity contribution < 1.29 is 13.2 Å². The summed E-state index contributed by atoms with van der Waals surface area (Å²) in [6, 6.07) is 9.95. The molecule has 2 aromatic carbocycles. The van der Waals surface area contributed by atoms with Gasteiger partial charge < -0.3 is 5.32 Å². The summed E-state index contributed by atoms with van der Waals surface area (Å²) in [6.07, 6.45) is 1.43. The van der Waals surface area contributed by atoms with Crippen molar-refractivity contribution >= 4 is 33.2 Å². The minimum absolute atomic E-state index is 0.250. The number of benzene rings is 2. The molecule has 1 amide bonds. The molecule has 7 heteroatoms. The first-order valence-corrected chi connectivity index (χ1v) is 11.8. The minimum Gasteiger partial charge on any atom is -0.348 e. The Morgan fingerprint density at radius 2 is 1.72 bits per heavy atom. The van der Waals surface area contributed by atoms with E-state index >= 15 is 0 Å². The van der Waals surface area contributed by atoms with Crippen LogP contribution >= 0.6 is 11.6 Å². The van der Waals surface area contributed by atoms with Gasteiger partial charge in [-0.2, -0.15) is 0 Å². The van der Waals surface area contributed by atoms with Gasteiger partial charge in [0.05, 0.1) is 18.0 Å². The Balaban J connectivity index is 2.37. The zero-order chi connectivity index (χ0) is 21.9. The normalized spacial score (nSPS) is 13.6. The van der Waals surface area contributed by atoms with Crippen LogP contribution in [-0.4, -0.2) is 26.6 Å². The number of anilines is 1. The van der Waals surface area contributed by atoms with E-state index in [2.05, 4.69) is 5.32 Å². The molecule has 0 heterocycles. The predicted molar refractivity (Wildman–Crippen MR) is 120 cm³/mol. The molecule has 0 aliphatic heterocycles. The number of nitrogens with one attached hydrogen (secondary N) is 1. The van der Waals surface area contributed by atoms with Gasteiger partial charge in [0.2, 0.25) is 15.9 Å². The summed E-state index contributed by atoms with van der Waals surface area (Å²) in [5, 5.41) is 3.44. The highest BCUT2D eigenvalue weighted by atomic mass is 35.5. The number of carbonyl (C=O) groups excluding carboxylic acids is 1. The third-order valence-corrected chi connectivity index (χ3v) is 6.59. The molecule has 0 unspecified atom stereocenters. The molecule has 2 atom stereocenters. The Morgan fingerprint density at radius 3 is 2.28 bits per heavy atom. The number of amides is 1. The van der Waals surface area contributed by atoms with E-state index in [4.69, 9.17) is 11.6 Å². The van der Waals surface area contributed by atoms with Gasteiger partial charge in [-0.1, -0.05) is 48.4 Å². The van der Waals surface area contributed by atoms with Gasteiger partial charge >= 0.3 is 0 Å². The van der Waals surface area contributed by atoms with E-state index in [0.717, 1.165) is 32.8 Å². The second-order valence-corrected chi connectivity index (χ2v) is 9.77. The molecular weight excluding hydrogens is 408 g/mol. The Kier molecular flexibility index (Phi) is 7.35. The second kappa shape index (κ2) is 9.18. The molecule has 0 fully saturated rings. The second-order valence-electron chi connectivity index (χ2n) is 7.51. The van der Waals surface area contributed by atoms with Crippen LogP contribution in [0.2, 0.25) is 5.02 Å². The Labute approximate surface area is 179 Å². The standard InChI is InChI=1S/C22H29ClN2O3S/c1-7-21(22(26)24-17(5)19-12-14(2)8-9-15(19)3)25(29(6,27)28)18-11-10-16(4)20(23)13-18/h8-13,17,21H,7H2,1-6H3,(H,24,26)/t17-,21-/m1/s1. The number of rotatable bonds is 7. The smallest absolute Gasteiger partial charge is 0.244 e. The van der Waals surface area contributed by atoms with E-state index < -0.39 is 16.1 Å². The molecule has 0 saturated carbocycles. The van der Waals surface area contributed by atoms with E-state index in [0.29, 0.717) is 17.1 Å². The number of carbonyl (C=O) groups is 1. The lowest BCUT2D eigenvalue weighted by Gasteiger charge is -2.31. The highest BCUT2D eigenvalue weighted by Gasteiger charge is 2.32. The molecule has 0 aromatic heterocycles. The van der Waals surface area contributed by atoms with Crippen LogP contribution in [0.4, 0.5) is 5.69 Å². The Morgan fingerprint density at radius 1 is 1.10 bits per heavy atom. The first kappa shape index (κ1) is 23.2. The van der Waals surface area contributed by atoms with Gasteiger partial charge in [-0.05, 0) is 62.9 Å². The van der Waals surface area contributed by atoms with Crippen molar-refractivity contribution in [3.8, 4) is 0 Å². The van der Waals surface area contributed by atoms with Crippen LogP contribution in [0.3, 0.4) is 0 Å². The van der Waals surface area contributed by atoms with Gasteiger partial charge in [0.15, 0.2) is 0 Å². The van der Waals surface area contributed by atoms with E-state index in [1.807, 2.05) is 45.9 Å². The maximum atomic E-state index is 13.1. The summed E-state index contributed by atoms with van der Waals surface area (Å²) in [4.78, 5) is 13.1. The van der Waals surface area contributed by atoms with Crippen LogP contribution in [-0.2, 0) is 14.8 Å². The Bertz CT molecular complexity index is 1010. The number of nitrogens with zero attached hydrogens (tertiary/aromatic N) is 1. The van der Waals surface area contributed by atoms with Crippen molar-refractivity contribution in [2.24, 2.45) is 0 Å². The van der Waals surface area contributed by atoms with Crippen LogP contribution in [0.25, 0.3) is 0 Å². The lowest BCUT2D eigenvalue weighted by molar-refractivity contribution is -0.122. The van der Waals surface area contributed by atoms with Crippen LogP contribution in [0, 0.1) is 20.8 Å². The molecular formula is C22H29ClN2O3S. The molecule has 0 spiro atoms. The molecule has 0 saturated heterocycles. The maximum Gasteiger partial charge on any atom is 0.244 e. The quantitative estimate of drug-likeness (QED) is 0.684. The fourth-order valence-corrected chi connectivity index (χ4v) is 4.77. The third kappa shape index (κ3) is 5.52. The van der Waals surface area contributed by atoms with Crippen molar-refractivity contribution in [2.75, 3.05) is 10.6 Å². The summed E-state index contributed by atoms with van der Waals surface area (Å²) in [6.45, 7) is 9.53. The summed E-state index contributed by atoms with van der Waals surface area (Å²) in [5.41, 5.74) is 4.40. The zero-order valence-electron chi connectivity index (χ0n) is 17.8. The molecule has 0 aliphatic rings. The topological polar surface area (TPSA) is 66.5 Å². The maximum absolute atomic E-state index is 13.1. The van der Waals surface area contributed by atoms with Gasteiger partial charge in [0, 0.05) is 5.02 Å². The SMILES string of the molecule is CC[C@H](C(=O)N[C@H](C)c1cc(C)ccc1C)N(c1ccc(C)c(Cl)c1)S(C)(=O)=O. The van der Waals surface area contributed by atoms with Gasteiger partial charge in [0.25, 0.3) is 0 Å². The van der Waals surface area contributed by atoms with Gasteiger partial charge in [0.1, 0.15) is 6.04 Å². The fourth-order valence-electron chi connectivity index (χ4n) is 3.39. The monoisotopic (exact) mass is 436 g/mol. The minimum atomic E-state index is -3.71. The zero-order valence-corrected chi connectivity index (χ0v) is 19.4. The number of sulfonamides is 1. The first-order valence-electron chi connectivity index (χ1n) is 9.58. The van der Waals surface area contributed by atoms with Gasteiger partial charge in [-0.3, -0.25) is 9.10 Å². The van der Waals surface area contributed by atoms with Crippen LogP contribution in [0.1, 0.15) is 48.6 Å². The molecule has 2 aromatic rings. The van der Waals surface area contributed by atoms with Crippen molar-refractivity contribution in [2.45, 2.75) is 53.1 Å². The lowest BCUT2D eigenvalue weighted by atomic mass is 9.99. The molecule has 0 radical (unpaired) electrons. The molecule has 158 valence electrons. The summed E-state index contributed by atoms with van der Waals surface area (Å²) >= 11 is 6.21. The molecule has 29 heavy (non-hydrogen) atoms. The van der Waals surface area contributed by atoms with E-state index in [1.54, 1.807) is 25.1 Å². The molecule has 1 N–H and O–H groups in total. The average Bonchev–Trinajstić information content (AvgIpc) is 2.62. The van der Waals surface area contributed by atoms with E-state index in [1.165, 1.54) is 0 Å². The summed E-state index contributed by atoms with van der Waals surface area (Å²) in [5.74, 6) is -0.344. The third-order valence-electron chi connectivity index (χ3n) is 5.00. The number of aryl methyl sites for hydroxylation is 3. The largest absolute Gasteiger partial charge is 0.348 e. The number of halogens is 1. The Hall–Kier alpha value is -2.05. The van der Waals surface area contributed by atoms with Gasteiger partial charge in [-0.15, -0.1) is 0 Å². The van der Waals surface area contributed by atoms with Crippen molar-refractivity contribution in [1.29, 1.82) is 0 Å². The molecule has 5 nitrogen and oxygen atoms in total. The number of hydrogen-bond donors (Lipinski definition) is 1. The van der Waals surface area contributed by atoms with Crippen molar-refractivity contribution in [3.63, 3.8) is 0 Å². The summed E-state index contributed by atoms with van der Waals surface area (Å²) in [7, 11) is -3.71. The van der Waals surface area contributed by atoms with Crippen LogP contribution in [0.5, 0.6) is 0 Å². The number of hydrogen-bond acceptors (Lipinski definition) is 3.